The molecule has 0 fully saturated rings. The van der Waals surface area contributed by atoms with Gasteiger partial charge in [-0.2, -0.15) is 9.78 Å². The number of carbonyl (C=O) groups excluding carboxylic acids is 1. The van der Waals surface area contributed by atoms with E-state index < -0.39 is 28.5 Å². The number of hydrogen-bond acceptors (Lipinski definition) is 8. The van der Waals surface area contributed by atoms with E-state index in [-0.39, 0.29) is 27.4 Å². The highest BCUT2D eigenvalue weighted by molar-refractivity contribution is 6.37. The van der Waals surface area contributed by atoms with Gasteiger partial charge in [0.1, 0.15) is 0 Å². The minimum atomic E-state index is -1.03. The number of halogens is 2. The summed E-state index contributed by atoms with van der Waals surface area (Å²) in [7, 11) is 1.06. The fourth-order valence-electron chi connectivity index (χ4n) is 2.84. The largest absolute Gasteiger partial charge is 0.464 e. The lowest BCUT2D eigenvalue weighted by Crippen LogP contribution is -2.36. The molecular weight excluding hydrogens is 465 g/mol. The van der Waals surface area contributed by atoms with Gasteiger partial charge >= 0.3 is 11.7 Å². The Morgan fingerprint density at radius 2 is 1.69 bits per heavy atom. The van der Waals surface area contributed by atoms with Crippen LogP contribution in [-0.2, 0) is 4.74 Å². The van der Waals surface area contributed by atoms with Crippen molar-refractivity contribution in [3.8, 4) is 17.3 Å². The van der Waals surface area contributed by atoms with E-state index in [4.69, 9.17) is 27.9 Å². The SMILES string of the molecule is COC(=O)c1nn(-c2cc(Cl)c(Oc3n[nH]c(=O)c4ccccc34)c(Cl)c2)c(=O)[nH]c1=O. The number of fused-ring (bicyclic) bond motifs is 1. The zero-order valence-corrected chi connectivity index (χ0v) is 17.5. The van der Waals surface area contributed by atoms with Crippen LogP contribution in [0.4, 0.5) is 0 Å². The predicted molar refractivity (Wildman–Crippen MR) is 114 cm³/mol. The van der Waals surface area contributed by atoms with Crippen LogP contribution in [0.1, 0.15) is 10.5 Å². The number of aromatic amines is 2. The maximum Gasteiger partial charge on any atom is 0.364 e. The van der Waals surface area contributed by atoms with Gasteiger partial charge in [-0.15, -0.1) is 5.10 Å². The first-order valence-electron chi connectivity index (χ1n) is 8.77. The van der Waals surface area contributed by atoms with Gasteiger partial charge < -0.3 is 9.47 Å². The summed E-state index contributed by atoms with van der Waals surface area (Å²) in [5, 5.41) is 10.6. The molecule has 2 N–H and O–H groups in total. The molecule has 0 aliphatic carbocycles. The van der Waals surface area contributed by atoms with Gasteiger partial charge in [-0.25, -0.2) is 14.7 Å². The number of nitrogens with zero attached hydrogens (tertiary/aromatic N) is 3. The highest BCUT2D eigenvalue weighted by Gasteiger charge is 2.19. The van der Waals surface area contributed by atoms with Gasteiger partial charge in [-0.1, -0.05) is 35.3 Å². The first-order chi connectivity index (χ1) is 15.3. The van der Waals surface area contributed by atoms with Crippen molar-refractivity contribution in [2.24, 2.45) is 0 Å². The quantitative estimate of drug-likeness (QED) is 0.425. The number of esters is 1. The summed E-state index contributed by atoms with van der Waals surface area (Å²) in [6.45, 7) is 0. The zero-order valence-electron chi connectivity index (χ0n) is 16.0. The number of methoxy groups -OCH3 is 1. The molecule has 0 aliphatic rings. The fraction of sp³-hybridized carbons (Fsp3) is 0.0526. The van der Waals surface area contributed by atoms with E-state index in [1.165, 1.54) is 12.1 Å². The van der Waals surface area contributed by atoms with Gasteiger partial charge in [0.2, 0.25) is 11.6 Å². The number of carbonyl (C=O) groups is 1. The highest BCUT2D eigenvalue weighted by Crippen LogP contribution is 2.38. The third-order valence-electron chi connectivity index (χ3n) is 4.29. The van der Waals surface area contributed by atoms with E-state index in [9.17, 15) is 19.2 Å². The Morgan fingerprint density at radius 1 is 1.03 bits per heavy atom. The van der Waals surface area contributed by atoms with E-state index in [0.29, 0.717) is 10.8 Å². The lowest BCUT2D eigenvalue weighted by atomic mass is 10.2. The van der Waals surface area contributed by atoms with E-state index >= 15 is 0 Å². The monoisotopic (exact) mass is 475 g/mol. The van der Waals surface area contributed by atoms with Crippen molar-refractivity contribution in [1.82, 2.24) is 25.0 Å². The number of rotatable bonds is 4. The molecule has 162 valence electrons. The number of hydrogen-bond donors (Lipinski definition) is 2. The summed E-state index contributed by atoms with van der Waals surface area (Å²) < 4.78 is 11.0. The molecule has 32 heavy (non-hydrogen) atoms. The summed E-state index contributed by atoms with van der Waals surface area (Å²) in [5.74, 6) is -0.996. The molecule has 2 aromatic heterocycles. The van der Waals surface area contributed by atoms with E-state index in [2.05, 4.69) is 20.0 Å². The smallest absolute Gasteiger partial charge is 0.364 e. The minimum Gasteiger partial charge on any atom is -0.464 e. The summed E-state index contributed by atoms with van der Waals surface area (Å²) in [5.41, 5.74) is -2.94. The normalized spacial score (nSPS) is 10.8. The number of aromatic nitrogens is 5. The Hall–Kier alpha value is -3.96. The van der Waals surface area contributed by atoms with E-state index in [1.807, 2.05) is 4.98 Å². The average Bonchev–Trinajstić information content (AvgIpc) is 2.77. The first kappa shape index (κ1) is 21.3. The minimum absolute atomic E-state index is 0.00699. The van der Waals surface area contributed by atoms with Crippen molar-refractivity contribution in [2.45, 2.75) is 0 Å². The molecule has 2 aromatic carbocycles. The van der Waals surface area contributed by atoms with Crippen molar-refractivity contribution in [3.63, 3.8) is 0 Å². The fourth-order valence-corrected chi connectivity index (χ4v) is 3.39. The Kier molecular flexibility index (Phi) is 5.51. The second kappa shape index (κ2) is 8.29. The summed E-state index contributed by atoms with van der Waals surface area (Å²) in [6, 6.07) is 9.20. The van der Waals surface area contributed by atoms with Gasteiger partial charge in [0.15, 0.2) is 5.75 Å². The average molecular weight is 476 g/mol. The molecule has 0 saturated carbocycles. The Balaban J connectivity index is 1.81. The summed E-state index contributed by atoms with van der Waals surface area (Å²) in [4.78, 5) is 49.7. The van der Waals surface area contributed by atoms with Crippen molar-refractivity contribution in [3.05, 3.63) is 83.3 Å². The molecule has 4 rings (SSSR count). The first-order valence-corrected chi connectivity index (χ1v) is 9.52. The number of benzene rings is 2. The van der Waals surface area contributed by atoms with Gasteiger partial charge in [0.05, 0.1) is 33.6 Å². The van der Waals surface area contributed by atoms with Crippen molar-refractivity contribution >= 4 is 39.9 Å². The molecule has 0 unspecified atom stereocenters. The van der Waals surface area contributed by atoms with Gasteiger partial charge in [0, 0.05) is 0 Å². The molecule has 0 spiro atoms. The molecule has 2 heterocycles. The van der Waals surface area contributed by atoms with Gasteiger partial charge in [0.25, 0.3) is 11.1 Å². The third-order valence-corrected chi connectivity index (χ3v) is 4.86. The Labute approximate surface area is 187 Å². The molecular formula is C19H11Cl2N5O6. The molecule has 0 saturated heterocycles. The van der Waals surface area contributed by atoms with Crippen LogP contribution in [0.3, 0.4) is 0 Å². The lowest BCUT2D eigenvalue weighted by molar-refractivity contribution is 0.0589. The molecule has 0 aliphatic heterocycles. The molecule has 0 atom stereocenters. The van der Waals surface area contributed by atoms with Crippen LogP contribution >= 0.6 is 23.2 Å². The van der Waals surface area contributed by atoms with Crippen LogP contribution in [0.25, 0.3) is 16.5 Å². The van der Waals surface area contributed by atoms with Crippen LogP contribution in [-0.4, -0.2) is 38.0 Å². The van der Waals surface area contributed by atoms with Crippen LogP contribution in [0.2, 0.25) is 10.0 Å². The van der Waals surface area contributed by atoms with Crippen molar-refractivity contribution < 1.29 is 14.3 Å². The third kappa shape index (κ3) is 3.74. The summed E-state index contributed by atoms with van der Waals surface area (Å²) in [6.07, 6.45) is 0. The predicted octanol–water partition coefficient (Wildman–Crippen LogP) is 2.04. The lowest BCUT2D eigenvalue weighted by Gasteiger charge is -2.12. The highest BCUT2D eigenvalue weighted by atomic mass is 35.5. The van der Waals surface area contributed by atoms with Gasteiger partial charge in [-0.3, -0.25) is 14.6 Å². The Morgan fingerprint density at radius 3 is 2.34 bits per heavy atom. The van der Waals surface area contributed by atoms with Crippen LogP contribution in [0, 0.1) is 0 Å². The van der Waals surface area contributed by atoms with Crippen molar-refractivity contribution in [1.29, 1.82) is 0 Å². The van der Waals surface area contributed by atoms with Crippen LogP contribution in [0.15, 0.2) is 50.8 Å². The maximum absolute atomic E-state index is 12.2. The van der Waals surface area contributed by atoms with Crippen LogP contribution < -0.4 is 21.5 Å². The maximum atomic E-state index is 12.2. The molecule has 0 bridgehead atoms. The topological polar surface area (TPSA) is 149 Å². The molecule has 13 heteroatoms. The number of nitrogens with one attached hydrogen (secondary N) is 2. The van der Waals surface area contributed by atoms with E-state index in [1.54, 1.807) is 24.3 Å². The molecule has 0 amide bonds. The second-order valence-corrected chi connectivity index (χ2v) is 7.07. The molecule has 11 nitrogen and oxygen atoms in total. The van der Waals surface area contributed by atoms with E-state index in [0.717, 1.165) is 11.8 Å². The summed E-state index contributed by atoms with van der Waals surface area (Å²) >= 11 is 12.6. The Bertz CT molecular complexity index is 1540. The second-order valence-electron chi connectivity index (χ2n) is 6.26. The standard InChI is InChI=1S/C19H11Cl2N5O6/c1-31-18(29)13-16(28)22-19(30)26(25-13)8-6-11(20)14(12(21)7-8)32-17-10-5-3-2-4-9(10)15(27)23-24-17/h2-7H,1H3,(H,23,27)(H,22,28,30). The van der Waals surface area contributed by atoms with Crippen molar-refractivity contribution in [2.75, 3.05) is 7.11 Å². The van der Waals surface area contributed by atoms with Crippen LogP contribution in [0.5, 0.6) is 11.6 Å². The molecule has 4 aromatic rings. The number of ether oxygens (including phenoxy) is 2. The zero-order chi connectivity index (χ0) is 23.0. The molecule has 0 radical (unpaired) electrons. The van der Waals surface area contributed by atoms with Gasteiger partial charge in [-0.05, 0) is 24.3 Å². The number of H-pyrrole nitrogens is 2.